The Morgan fingerprint density at radius 3 is 2.35 bits per heavy atom. The van der Waals surface area contributed by atoms with Crippen molar-refractivity contribution in [3.8, 4) is 0 Å². The van der Waals surface area contributed by atoms with Crippen molar-refractivity contribution in [3.05, 3.63) is 0 Å². The molecule has 0 aromatic carbocycles. The molecule has 0 heteroatoms. The quantitative estimate of drug-likeness (QED) is 0.444. The summed E-state index contributed by atoms with van der Waals surface area (Å²) in [6.07, 6.45) is 19.7. The normalized spacial score (nSPS) is 53.7. The van der Waals surface area contributed by atoms with E-state index in [1.54, 1.807) is 32.1 Å². The molecule has 8 atom stereocenters. The minimum absolute atomic E-state index is 0.636. The topological polar surface area (TPSA) is 0 Å². The van der Waals surface area contributed by atoms with Crippen molar-refractivity contribution in [2.45, 2.75) is 118 Å². The molecule has 0 spiro atoms. The molecule has 8 unspecified atom stereocenters. The Bertz CT molecular complexity index is 508. The average Bonchev–Trinajstić information content (AvgIpc) is 2.87. The predicted molar refractivity (Wildman–Crippen MR) is 113 cm³/mol. The highest BCUT2D eigenvalue weighted by atomic mass is 14.7. The zero-order chi connectivity index (χ0) is 18.6. The lowest BCUT2D eigenvalue weighted by Crippen LogP contribution is -2.54. The van der Waals surface area contributed by atoms with Crippen molar-refractivity contribution in [3.63, 3.8) is 0 Å². The van der Waals surface area contributed by atoms with Crippen LogP contribution in [0.3, 0.4) is 0 Å². The first kappa shape index (κ1) is 19.3. The van der Waals surface area contributed by atoms with Gasteiger partial charge >= 0.3 is 0 Å². The molecule has 0 radical (unpaired) electrons. The van der Waals surface area contributed by atoms with E-state index in [-0.39, 0.29) is 0 Å². The van der Waals surface area contributed by atoms with Crippen LogP contribution in [0, 0.1) is 45.8 Å². The van der Waals surface area contributed by atoms with Gasteiger partial charge in [-0.25, -0.2) is 0 Å². The van der Waals surface area contributed by atoms with Crippen molar-refractivity contribution in [2.24, 2.45) is 45.8 Å². The van der Waals surface area contributed by atoms with E-state index in [1.807, 2.05) is 0 Å². The maximum absolute atomic E-state index is 2.74. The largest absolute Gasteiger partial charge is 0.0654 e. The number of fused-ring (bicyclic) bond motifs is 5. The highest BCUT2D eigenvalue weighted by Gasteiger charge is 2.62. The molecule has 4 rings (SSSR count). The third kappa shape index (κ3) is 2.75. The van der Waals surface area contributed by atoms with Gasteiger partial charge in [-0.1, -0.05) is 60.3 Å². The summed E-state index contributed by atoms with van der Waals surface area (Å²) in [5.74, 6) is 5.22. The van der Waals surface area contributed by atoms with Gasteiger partial charge < -0.3 is 0 Å². The Kier molecular flexibility index (Phi) is 5.06. The molecule has 0 nitrogen and oxygen atoms in total. The van der Waals surface area contributed by atoms with Gasteiger partial charge in [-0.05, 0) is 104 Å². The first-order valence-electron chi connectivity index (χ1n) is 12.3. The Morgan fingerprint density at radius 2 is 1.58 bits per heavy atom. The van der Waals surface area contributed by atoms with Crippen LogP contribution >= 0.6 is 0 Å². The standard InChI is InChI=1S/C26H46/c1-6-7-8-14-24(3)15-12-23-21-10-9-20-18-19(2)11-16-25(20,4)22(21)13-17-26(23,24)5/h19-23H,6-18H2,1-5H3. The monoisotopic (exact) mass is 358 g/mol. The molecule has 0 bridgehead atoms. The van der Waals surface area contributed by atoms with Gasteiger partial charge in [0.25, 0.3) is 0 Å². The van der Waals surface area contributed by atoms with Crippen LogP contribution in [0.4, 0.5) is 0 Å². The fourth-order valence-corrected chi connectivity index (χ4v) is 9.01. The van der Waals surface area contributed by atoms with Crippen LogP contribution in [0.5, 0.6) is 0 Å². The number of hydrogen-bond donors (Lipinski definition) is 0. The first-order chi connectivity index (χ1) is 12.3. The van der Waals surface area contributed by atoms with E-state index < -0.39 is 0 Å². The molecule has 0 aromatic rings. The van der Waals surface area contributed by atoms with E-state index in [2.05, 4.69) is 34.6 Å². The van der Waals surface area contributed by atoms with Crippen LogP contribution in [-0.2, 0) is 0 Å². The van der Waals surface area contributed by atoms with E-state index in [0.29, 0.717) is 16.2 Å². The van der Waals surface area contributed by atoms with E-state index in [1.165, 1.54) is 51.4 Å². The molecule has 0 N–H and O–H groups in total. The zero-order valence-corrected chi connectivity index (χ0v) is 18.6. The van der Waals surface area contributed by atoms with Crippen molar-refractivity contribution in [1.82, 2.24) is 0 Å². The Hall–Kier alpha value is 0. The van der Waals surface area contributed by atoms with E-state index >= 15 is 0 Å². The minimum atomic E-state index is 0.636. The first-order valence-corrected chi connectivity index (χ1v) is 12.3. The summed E-state index contributed by atoms with van der Waals surface area (Å²) in [4.78, 5) is 0. The maximum Gasteiger partial charge on any atom is -0.0241 e. The van der Waals surface area contributed by atoms with Crippen LogP contribution in [0.15, 0.2) is 0 Å². The van der Waals surface area contributed by atoms with E-state index in [0.717, 1.165) is 29.6 Å². The Balaban J connectivity index is 1.54. The van der Waals surface area contributed by atoms with Crippen molar-refractivity contribution in [1.29, 1.82) is 0 Å². The molecule has 4 saturated carbocycles. The molecule has 4 aliphatic rings. The Labute approximate surface area is 164 Å². The molecule has 26 heavy (non-hydrogen) atoms. The van der Waals surface area contributed by atoms with Crippen LogP contribution < -0.4 is 0 Å². The fourth-order valence-electron chi connectivity index (χ4n) is 9.01. The molecule has 150 valence electrons. The highest BCUT2D eigenvalue weighted by Crippen LogP contribution is 2.71. The van der Waals surface area contributed by atoms with Gasteiger partial charge in [0.2, 0.25) is 0 Å². The van der Waals surface area contributed by atoms with E-state index in [4.69, 9.17) is 0 Å². The molecule has 0 amide bonds. The molecule has 0 saturated heterocycles. The summed E-state index contributed by atoms with van der Waals surface area (Å²) in [6, 6.07) is 0. The Morgan fingerprint density at radius 1 is 0.808 bits per heavy atom. The second-order valence-electron chi connectivity index (χ2n) is 12.0. The van der Waals surface area contributed by atoms with Crippen molar-refractivity contribution < 1.29 is 0 Å². The van der Waals surface area contributed by atoms with Gasteiger partial charge in [-0.3, -0.25) is 0 Å². The van der Waals surface area contributed by atoms with Crippen LogP contribution in [0.2, 0.25) is 0 Å². The molecule has 4 aliphatic carbocycles. The number of hydrogen-bond acceptors (Lipinski definition) is 0. The van der Waals surface area contributed by atoms with Gasteiger partial charge in [0, 0.05) is 0 Å². The molecule has 4 fully saturated rings. The molecular weight excluding hydrogens is 312 g/mol. The molecule has 0 heterocycles. The zero-order valence-electron chi connectivity index (χ0n) is 18.6. The van der Waals surface area contributed by atoms with Gasteiger partial charge in [0.05, 0.1) is 0 Å². The van der Waals surface area contributed by atoms with Gasteiger partial charge in [0.15, 0.2) is 0 Å². The molecular formula is C26H46. The van der Waals surface area contributed by atoms with Gasteiger partial charge in [-0.2, -0.15) is 0 Å². The van der Waals surface area contributed by atoms with Crippen molar-refractivity contribution in [2.75, 3.05) is 0 Å². The smallest absolute Gasteiger partial charge is 0.0241 e. The second kappa shape index (κ2) is 6.81. The summed E-state index contributed by atoms with van der Waals surface area (Å²) in [5.41, 5.74) is 1.97. The van der Waals surface area contributed by atoms with Crippen LogP contribution in [0.25, 0.3) is 0 Å². The van der Waals surface area contributed by atoms with Crippen LogP contribution in [0.1, 0.15) is 118 Å². The van der Waals surface area contributed by atoms with Crippen molar-refractivity contribution >= 4 is 0 Å². The minimum Gasteiger partial charge on any atom is -0.0654 e. The summed E-state index contributed by atoms with van der Waals surface area (Å²) < 4.78 is 0. The number of unbranched alkanes of at least 4 members (excludes halogenated alkanes) is 2. The molecule has 0 aromatic heterocycles. The average molecular weight is 359 g/mol. The van der Waals surface area contributed by atoms with Crippen LogP contribution in [-0.4, -0.2) is 0 Å². The third-order valence-corrected chi connectivity index (χ3v) is 11.0. The lowest BCUT2D eigenvalue weighted by molar-refractivity contribution is -0.129. The summed E-state index contributed by atoms with van der Waals surface area (Å²) >= 11 is 0. The number of rotatable bonds is 4. The SMILES string of the molecule is CCCCCC1(C)CCC2C3CCC4CC(C)CCC4(C)C3CCC21C. The van der Waals surface area contributed by atoms with Gasteiger partial charge in [0.1, 0.15) is 0 Å². The second-order valence-corrected chi connectivity index (χ2v) is 12.0. The lowest BCUT2D eigenvalue weighted by Gasteiger charge is -2.62. The maximum atomic E-state index is 2.74. The highest BCUT2D eigenvalue weighted by molar-refractivity contribution is 5.12. The summed E-state index contributed by atoms with van der Waals surface area (Å²) in [7, 11) is 0. The third-order valence-electron chi connectivity index (χ3n) is 11.0. The molecule has 0 aliphatic heterocycles. The predicted octanol–water partition coefficient (Wildman–Crippen LogP) is 8.25. The summed E-state index contributed by atoms with van der Waals surface area (Å²) in [5, 5.41) is 0. The van der Waals surface area contributed by atoms with E-state index in [9.17, 15) is 0 Å². The lowest BCUT2D eigenvalue weighted by atomic mass is 9.43. The fraction of sp³-hybridized carbons (Fsp3) is 1.00. The summed E-state index contributed by atoms with van der Waals surface area (Å²) in [6.45, 7) is 13.0. The van der Waals surface area contributed by atoms with Gasteiger partial charge in [-0.15, -0.1) is 0 Å².